The van der Waals surface area contributed by atoms with E-state index in [0.717, 1.165) is 11.4 Å². The number of carbonyl (C=O) groups is 4. The maximum atomic E-state index is 12.4. The molecule has 33 heavy (non-hydrogen) atoms. The first-order chi connectivity index (χ1) is 15.6. The first-order valence-corrected chi connectivity index (χ1v) is 10.5. The number of hydrogen-bond acceptors (Lipinski definition) is 8. The van der Waals surface area contributed by atoms with Gasteiger partial charge in [-0.15, -0.1) is 0 Å². The van der Waals surface area contributed by atoms with Crippen LogP contribution in [-0.4, -0.2) is 125 Å². The fourth-order valence-electron chi connectivity index (χ4n) is 3.29. The predicted octanol–water partition coefficient (Wildman–Crippen LogP) is -1.20. The number of carboxylic acids is 2. The predicted molar refractivity (Wildman–Crippen MR) is 116 cm³/mol. The van der Waals surface area contributed by atoms with Gasteiger partial charge >= 0.3 is 11.9 Å². The molecule has 12 heteroatoms. The highest BCUT2D eigenvalue weighted by Crippen LogP contribution is 2.09. The molecule has 2 bridgehead atoms. The summed E-state index contributed by atoms with van der Waals surface area (Å²) >= 11 is 0. The van der Waals surface area contributed by atoms with Crippen LogP contribution < -0.4 is 0 Å². The smallest absolute Gasteiger partial charge is 0.323 e. The molecule has 1 aromatic heterocycles. The van der Waals surface area contributed by atoms with Crippen molar-refractivity contribution in [2.24, 2.45) is 0 Å². The van der Waals surface area contributed by atoms with Crippen LogP contribution in [0.25, 0.3) is 0 Å². The molecule has 2 N–H and O–H groups in total. The lowest BCUT2D eigenvalue weighted by atomic mass is 10.2. The second-order valence-corrected chi connectivity index (χ2v) is 7.94. The number of carbonyl (C=O) groups excluding carboxylic acids is 2. The largest absolute Gasteiger partial charge is 0.480 e. The van der Waals surface area contributed by atoms with E-state index in [1.54, 1.807) is 0 Å². The van der Waals surface area contributed by atoms with Gasteiger partial charge < -0.3 is 24.7 Å². The fraction of sp³-hybridized carbons (Fsp3) is 0.571. The normalized spacial score (nSPS) is 15.7. The molecule has 1 aromatic rings. The Balaban J connectivity index is 2.08. The summed E-state index contributed by atoms with van der Waals surface area (Å²) in [6.07, 6.45) is 0. The minimum atomic E-state index is -1.07. The highest BCUT2D eigenvalue weighted by atomic mass is 16.5. The number of fused-ring (bicyclic) bond motifs is 2. The number of amides is 2. The van der Waals surface area contributed by atoms with Gasteiger partial charge in [0, 0.05) is 40.3 Å². The third-order valence-electron chi connectivity index (χ3n) is 5.05. The van der Waals surface area contributed by atoms with Crippen molar-refractivity contribution in [3.05, 3.63) is 29.6 Å². The molecular weight excluding hydrogens is 434 g/mol. The molecule has 0 spiro atoms. The summed E-state index contributed by atoms with van der Waals surface area (Å²) in [5.74, 6) is -2.77. The number of likely N-dealkylation sites (N-methyl/N-ethyl adjacent to an activating group) is 2. The number of ether oxygens (including phenoxy) is 1. The minimum absolute atomic E-state index is 0.0373. The van der Waals surface area contributed by atoms with E-state index in [1.165, 1.54) is 23.9 Å². The van der Waals surface area contributed by atoms with Crippen molar-refractivity contribution in [3.8, 4) is 0 Å². The number of rotatable bonds is 8. The molecule has 0 saturated heterocycles. The highest BCUT2D eigenvalue weighted by Gasteiger charge is 2.20. The average molecular weight is 466 g/mol. The fourth-order valence-corrected chi connectivity index (χ4v) is 3.29. The van der Waals surface area contributed by atoms with Crippen molar-refractivity contribution in [1.82, 2.24) is 24.6 Å². The van der Waals surface area contributed by atoms with Gasteiger partial charge in [-0.25, -0.2) is 0 Å². The van der Waals surface area contributed by atoms with E-state index < -0.39 is 11.9 Å². The van der Waals surface area contributed by atoms with Crippen LogP contribution in [-0.2, 0) is 37.0 Å². The maximum absolute atomic E-state index is 12.4. The van der Waals surface area contributed by atoms with Crippen molar-refractivity contribution in [1.29, 1.82) is 0 Å². The van der Waals surface area contributed by atoms with Gasteiger partial charge in [-0.05, 0) is 12.1 Å². The van der Waals surface area contributed by atoms with E-state index in [1.807, 2.05) is 28.0 Å². The van der Waals surface area contributed by atoms with Crippen LogP contribution in [0.5, 0.6) is 0 Å². The average Bonchev–Trinajstić information content (AvgIpc) is 2.71. The monoisotopic (exact) mass is 465 g/mol. The van der Waals surface area contributed by atoms with Gasteiger partial charge in [-0.3, -0.25) is 34.0 Å². The standard InChI is InChI=1S/C21H31N5O7/c1-23(14-20(29)30)18(27)12-25-6-8-33-9-7-26(13-19(28)24(2)15-21(31)32)11-17-5-3-4-16(10-25)22-17/h3-5H,6-15H2,1-2H3,(H,29,30)(H,31,32). The molecule has 2 amide bonds. The van der Waals surface area contributed by atoms with Crippen LogP contribution >= 0.6 is 0 Å². The third-order valence-corrected chi connectivity index (χ3v) is 5.05. The zero-order valence-electron chi connectivity index (χ0n) is 19.0. The number of aliphatic carboxylic acids is 2. The first kappa shape index (κ1) is 26.2. The van der Waals surface area contributed by atoms with E-state index in [-0.39, 0.29) is 38.0 Å². The van der Waals surface area contributed by atoms with Gasteiger partial charge in [0.2, 0.25) is 11.8 Å². The van der Waals surface area contributed by atoms with Crippen molar-refractivity contribution in [3.63, 3.8) is 0 Å². The van der Waals surface area contributed by atoms with Crippen LogP contribution in [0.3, 0.4) is 0 Å². The van der Waals surface area contributed by atoms with Crippen LogP contribution in [0.4, 0.5) is 0 Å². The molecule has 12 nitrogen and oxygen atoms in total. The second kappa shape index (κ2) is 12.8. The molecule has 182 valence electrons. The van der Waals surface area contributed by atoms with Crippen molar-refractivity contribution in [2.75, 3.05) is 66.6 Å². The van der Waals surface area contributed by atoms with E-state index in [9.17, 15) is 19.2 Å². The molecule has 0 unspecified atom stereocenters. The Bertz CT molecular complexity index is 787. The molecular formula is C21H31N5O7. The Morgan fingerprint density at radius 1 is 0.879 bits per heavy atom. The van der Waals surface area contributed by atoms with Gasteiger partial charge in [0.25, 0.3) is 0 Å². The molecule has 0 radical (unpaired) electrons. The summed E-state index contributed by atoms with van der Waals surface area (Å²) in [6, 6.07) is 5.53. The minimum Gasteiger partial charge on any atom is -0.480 e. The molecule has 0 aromatic carbocycles. The summed E-state index contributed by atoms with van der Waals surface area (Å²) in [4.78, 5) is 57.2. The van der Waals surface area contributed by atoms with Gasteiger partial charge in [0.15, 0.2) is 0 Å². The number of pyridine rings is 1. The van der Waals surface area contributed by atoms with Crippen LogP contribution in [0.1, 0.15) is 11.4 Å². The van der Waals surface area contributed by atoms with Gasteiger partial charge in [-0.1, -0.05) is 6.07 Å². The summed E-state index contributed by atoms with van der Waals surface area (Å²) in [6.45, 7) is 1.67. The zero-order valence-corrected chi connectivity index (χ0v) is 19.0. The summed E-state index contributed by atoms with van der Waals surface area (Å²) in [5.41, 5.74) is 1.46. The topological polar surface area (TPSA) is 144 Å². The van der Waals surface area contributed by atoms with E-state index in [0.29, 0.717) is 39.4 Å². The molecule has 2 rings (SSSR count). The highest BCUT2D eigenvalue weighted by molar-refractivity contribution is 5.83. The molecule has 0 aliphatic carbocycles. The first-order valence-electron chi connectivity index (χ1n) is 10.5. The van der Waals surface area contributed by atoms with E-state index >= 15 is 0 Å². The Hall–Kier alpha value is -3.09. The van der Waals surface area contributed by atoms with Gasteiger partial charge in [0.05, 0.1) is 37.7 Å². The quantitative estimate of drug-likeness (QED) is 0.480. The van der Waals surface area contributed by atoms with Crippen molar-refractivity contribution < 1.29 is 34.1 Å². The summed E-state index contributed by atoms with van der Waals surface area (Å²) < 4.78 is 5.70. The van der Waals surface area contributed by atoms with Gasteiger partial charge in [0.1, 0.15) is 13.1 Å². The molecule has 0 saturated carbocycles. The molecule has 0 fully saturated rings. The Morgan fingerprint density at radius 2 is 1.30 bits per heavy atom. The molecule has 0 atom stereocenters. The number of carboxylic acid groups (broad SMARTS) is 2. The molecule has 1 aliphatic heterocycles. The number of aromatic nitrogens is 1. The van der Waals surface area contributed by atoms with Crippen LogP contribution in [0.2, 0.25) is 0 Å². The lowest BCUT2D eigenvalue weighted by molar-refractivity contribution is -0.144. The third kappa shape index (κ3) is 9.51. The van der Waals surface area contributed by atoms with Crippen molar-refractivity contribution in [2.45, 2.75) is 13.1 Å². The lowest BCUT2D eigenvalue weighted by Crippen LogP contribution is -2.42. The van der Waals surface area contributed by atoms with E-state index in [4.69, 9.17) is 14.9 Å². The summed E-state index contributed by atoms with van der Waals surface area (Å²) in [5, 5.41) is 17.8. The van der Waals surface area contributed by atoms with Crippen molar-refractivity contribution >= 4 is 23.8 Å². The SMILES string of the molecule is CN(CC(=O)O)C(=O)CN1CCOCCN(CC(=O)N(C)CC(=O)O)Cc2cccc(n2)C1. The maximum Gasteiger partial charge on any atom is 0.323 e. The van der Waals surface area contributed by atoms with E-state index in [2.05, 4.69) is 4.98 Å². The Morgan fingerprint density at radius 3 is 1.70 bits per heavy atom. The Kier molecular flexibility index (Phi) is 10.2. The van der Waals surface area contributed by atoms with Crippen LogP contribution in [0, 0.1) is 0 Å². The zero-order chi connectivity index (χ0) is 24.4. The number of hydrogen-bond donors (Lipinski definition) is 2. The number of nitrogens with zero attached hydrogens (tertiary/aromatic N) is 5. The van der Waals surface area contributed by atoms with Crippen LogP contribution in [0.15, 0.2) is 18.2 Å². The molecule has 1 aliphatic rings. The lowest BCUT2D eigenvalue weighted by Gasteiger charge is -2.27. The molecule has 2 heterocycles. The summed E-state index contributed by atoms with van der Waals surface area (Å²) in [7, 11) is 2.90. The van der Waals surface area contributed by atoms with Gasteiger partial charge in [-0.2, -0.15) is 0 Å². The second-order valence-electron chi connectivity index (χ2n) is 7.94. The Labute approximate surface area is 192 Å².